The number of hydrogen-bond acceptors (Lipinski definition) is 2. The Bertz CT molecular complexity index is 930. The largest absolute Gasteiger partial charge is 0.342 e. The van der Waals surface area contributed by atoms with Crippen molar-refractivity contribution in [3.8, 4) is 0 Å². The first-order valence-electron chi connectivity index (χ1n) is 8.08. The quantitative estimate of drug-likeness (QED) is 0.579. The van der Waals surface area contributed by atoms with Gasteiger partial charge in [0.1, 0.15) is 5.82 Å². The van der Waals surface area contributed by atoms with Gasteiger partial charge in [0.05, 0.1) is 16.7 Å². The van der Waals surface area contributed by atoms with E-state index in [4.69, 9.17) is 0 Å². The molecule has 2 heterocycles. The number of aromatic nitrogens is 4. The molecule has 0 fully saturated rings. The van der Waals surface area contributed by atoms with Crippen LogP contribution in [0.4, 0.5) is 0 Å². The van der Waals surface area contributed by atoms with Crippen molar-refractivity contribution in [1.82, 2.24) is 20.2 Å². The van der Waals surface area contributed by atoms with E-state index in [2.05, 4.69) is 50.5 Å². The predicted octanol–water partition coefficient (Wildman–Crippen LogP) is 4.24. The molecule has 0 unspecified atom stereocenters. The summed E-state index contributed by atoms with van der Waals surface area (Å²) in [4.78, 5) is 7.97. The summed E-state index contributed by atoms with van der Waals surface area (Å²) in [5, 5.41) is 7.45. The molecular formula is C20H18N4. The number of benzene rings is 2. The number of hydrogen-bond donors (Lipinski definition) is 2. The van der Waals surface area contributed by atoms with Gasteiger partial charge in [0.15, 0.2) is 0 Å². The highest BCUT2D eigenvalue weighted by molar-refractivity contribution is 5.74. The van der Waals surface area contributed by atoms with Crippen LogP contribution in [-0.2, 0) is 12.8 Å². The monoisotopic (exact) mass is 314 g/mol. The van der Waals surface area contributed by atoms with Gasteiger partial charge in [-0.25, -0.2) is 4.98 Å². The van der Waals surface area contributed by atoms with Crippen LogP contribution in [0.25, 0.3) is 23.2 Å². The van der Waals surface area contributed by atoms with Crippen LogP contribution >= 0.6 is 0 Å². The minimum atomic E-state index is 0.860. The summed E-state index contributed by atoms with van der Waals surface area (Å²) >= 11 is 0. The minimum absolute atomic E-state index is 0.860. The Labute approximate surface area is 140 Å². The molecule has 0 radical (unpaired) electrons. The fourth-order valence-electron chi connectivity index (χ4n) is 2.72. The third kappa shape index (κ3) is 3.27. The van der Waals surface area contributed by atoms with Crippen molar-refractivity contribution in [2.45, 2.75) is 12.8 Å². The van der Waals surface area contributed by atoms with Crippen molar-refractivity contribution in [2.24, 2.45) is 0 Å². The number of aryl methyl sites for hydroxylation is 2. The Balaban J connectivity index is 1.41. The SMILES string of the molecule is C(=C/c1cc(CCc2nc3ccccc3[nH]2)[nH]n1)/c1ccccc1. The van der Waals surface area contributed by atoms with Gasteiger partial charge in [-0.3, -0.25) is 5.10 Å². The Morgan fingerprint density at radius 1 is 0.875 bits per heavy atom. The summed E-state index contributed by atoms with van der Waals surface area (Å²) in [7, 11) is 0. The highest BCUT2D eigenvalue weighted by Gasteiger charge is 2.04. The molecule has 118 valence electrons. The fraction of sp³-hybridized carbons (Fsp3) is 0.100. The Kier molecular flexibility index (Phi) is 3.94. The van der Waals surface area contributed by atoms with Gasteiger partial charge in [-0.05, 0) is 36.3 Å². The van der Waals surface area contributed by atoms with Crippen molar-refractivity contribution in [2.75, 3.05) is 0 Å². The molecular weight excluding hydrogens is 296 g/mol. The van der Waals surface area contributed by atoms with Crippen LogP contribution in [0.3, 0.4) is 0 Å². The summed E-state index contributed by atoms with van der Waals surface area (Å²) in [5.41, 5.74) is 5.33. The average molecular weight is 314 g/mol. The second-order valence-corrected chi connectivity index (χ2v) is 5.76. The van der Waals surface area contributed by atoms with Gasteiger partial charge in [-0.2, -0.15) is 5.10 Å². The van der Waals surface area contributed by atoms with Crippen molar-refractivity contribution in [3.05, 3.63) is 83.4 Å². The van der Waals surface area contributed by atoms with E-state index in [0.717, 1.165) is 41.1 Å². The third-order valence-electron chi connectivity index (χ3n) is 3.97. The molecule has 0 bridgehead atoms. The smallest absolute Gasteiger partial charge is 0.107 e. The summed E-state index contributed by atoms with van der Waals surface area (Å²) in [5.74, 6) is 1.01. The first-order valence-corrected chi connectivity index (χ1v) is 8.08. The molecule has 2 aromatic heterocycles. The third-order valence-corrected chi connectivity index (χ3v) is 3.97. The molecule has 4 rings (SSSR count). The molecule has 4 nitrogen and oxygen atoms in total. The fourth-order valence-corrected chi connectivity index (χ4v) is 2.72. The first kappa shape index (κ1) is 14.5. The van der Waals surface area contributed by atoms with Gasteiger partial charge in [-0.1, -0.05) is 48.5 Å². The van der Waals surface area contributed by atoms with Gasteiger partial charge < -0.3 is 4.98 Å². The average Bonchev–Trinajstić information content (AvgIpc) is 3.25. The highest BCUT2D eigenvalue weighted by atomic mass is 15.1. The maximum atomic E-state index is 4.61. The molecule has 0 saturated heterocycles. The normalized spacial score (nSPS) is 11.5. The van der Waals surface area contributed by atoms with Gasteiger partial charge in [0.2, 0.25) is 0 Å². The second-order valence-electron chi connectivity index (χ2n) is 5.76. The number of rotatable bonds is 5. The number of H-pyrrole nitrogens is 2. The molecule has 0 atom stereocenters. The van der Waals surface area contributed by atoms with E-state index >= 15 is 0 Å². The number of nitrogens with one attached hydrogen (secondary N) is 2. The second kappa shape index (κ2) is 6.54. The molecule has 24 heavy (non-hydrogen) atoms. The summed E-state index contributed by atoms with van der Waals surface area (Å²) in [6.45, 7) is 0. The lowest BCUT2D eigenvalue weighted by Crippen LogP contribution is -1.93. The number of imidazole rings is 1. The van der Waals surface area contributed by atoms with Crippen LogP contribution in [0.15, 0.2) is 60.7 Å². The van der Waals surface area contributed by atoms with Crippen LogP contribution in [-0.4, -0.2) is 20.2 Å². The number of nitrogens with zero attached hydrogens (tertiary/aromatic N) is 2. The summed E-state index contributed by atoms with van der Waals surface area (Å²) < 4.78 is 0. The van der Waals surface area contributed by atoms with Crippen LogP contribution in [0, 0.1) is 0 Å². The molecule has 4 aromatic rings. The van der Waals surface area contributed by atoms with E-state index in [1.807, 2.05) is 42.5 Å². The van der Waals surface area contributed by atoms with E-state index in [-0.39, 0.29) is 0 Å². The topological polar surface area (TPSA) is 57.4 Å². The summed E-state index contributed by atoms with van der Waals surface area (Å²) in [6.07, 6.45) is 5.83. The maximum absolute atomic E-state index is 4.61. The van der Waals surface area contributed by atoms with Crippen LogP contribution < -0.4 is 0 Å². The predicted molar refractivity (Wildman–Crippen MR) is 97.5 cm³/mol. The maximum Gasteiger partial charge on any atom is 0.107 e. The van der Waals surface area contributed by atoms with E-state index in [0.29, 0.717) is 0 Å². The van der Waals surface area contributed by atoms with E-state index in [9.17, 15) is 0 Å². The summed E-state index contributed by atoms with van der Waals surface area (Å²) in [6, 6.07) is 20.4. The van der Waals surface area contributed by atoms with Crippen molar-refractivity contribution < 1.29 is 0 Å². The molecule has 0 spiro atoms. The number of fused-ring (bicyclic) bond motifs is 1. The zero-order chi connectivity index (χ0) is 16.2. The van der Waals surface area contributed by atoms with Crippen molar-refractivity contribution in [3.63, 3.8) is 0 Å². The van der Waals surface area contributed by atoms with Crippen molar-refractivity contribution in [1.29, 1.82) is 0 Å². The number of aromatic amines is 2. The van der Waals surface area contributed by atoms with E-state index in [1.165, 1.54) is 5.56 Å². The molecule has 4 heteroatoms. The van der Waals surface area contributed by atoms with Gasteiger partial charge in [-0.15, -0.1) is 0 Å². The van der Waals surface area contributed by atoms with Crippen molar-refractivity contribution >= 4 is 23.2 Å². The Morgan fingerprint density at radius 3 is 2.58 bits per heavy atom. The van der Waals surface area contributed by atoms with Gasteiger partial charge >= 0.3 is 0 Å². The molecule has 2 N–H and O–H groups in total. The van der Waals surface area contributed by atoms with E-state index in [1.54, 1.807) is 0 Å². The van der Waals surface area contributed by atoms with Crippen LogP contribution in [0.1, 0.15) is 22.8 Å². The lowest BCUT2D eigenvalue weighted by Gasteiger charge is -1.93. The molecule has 0 saturated carbocycles. The molecule has 0 aliphatic carbocycles. The Hall–Kier alpha value is -3.14. The van der Waals surface area contributed by atoms with Crippen LogP contribution in [0.2, 0.25) is 0 Å². The van der Waals surface area contributed by atoms with E-state index < -0.39 is 0 Å². The molecule has 0 aliphatic heterocycles. The standard InChI is InChI=1S/C20H18N4/c1-2-6-15(7-3-1)10-11-16-14-17(24-23-16)12-13-20-21-18-8-4-5-9-19(18)22-20/h1-11,14H,12-13H2,(H,21,22)(H,23,24)/b11-10-. The van der Waals surface area contributed by atoms with Gasteiger partial charge in [0.25, 0.3) is 0 Å². The molecule has 2 aromatic carbocycles. The first-order chi connectivity index (χ1) is 11.9. The highest BCUT2D eigenvalue weighted by Crippen LogP contribution is 2.13. The molecule has 0 aliphatic rings. The lowest BCUT2D eigenvalue weighted by molar-refractivity contribution is 0.849. The van der Waals surface area contributed by atoms with Gasteiger partial charge in [0, 0.05) is 12.1 Å². The van der Waals surface area contributed by atoms with Crippen LogP contribution in [0.5, 0.6) is 0 Å². The Morgan fingerprint density at radius 2 is 1.71 bits per heavy atom. The zero-order valence-corrected chi connectivity index (χ0v) is 13.2. The molecule has 0 amide bonds. The minimum Gasteiger partial charge on any atom is -0.342 e. The zero-order valence-electron chi connectivity index (χ0n) is 13.2. The lowest BCUT2D eigenvalue weighted by atomic mass is 10.2. The number of para-hydroxylation sites is 2.